The van der Waals surface area contributed by atoms with Crippen molar-refractivity contribution in [2.75, 3.05) is 0 Å². The summed E-state index contributed by atoms with van der Waals surface area (Å²) in [7, 11) is 0. The lowest BCUT2D eigenvalue weighted by molar-refractivity contribution is 0.0697. The number of carboxylic acid groups (broad SMARTS) is 1. The third-order valence-electron chi connectivity index (χ3n) is 2.82. The average Bonchev–Trinajstić information content (AvgIpc) is 2.97. The lowest BCUT2D eigenvalue weighted by Crippen LogP contribution is -1.99. The fourth-order valence-corrected chi connectivity index (χ4v) is 1.87. The van der Waals surface area contributed by atoms with Gasteiger partial charge in [-0.3, -0.25) is 0 Å². The molecule has 0 aliphatic rings. The molecule has 2 aromatic heterocycles. The molecular formula is C14H10N4O3. The largest absolute Gasteiger partial charge is 0.478 e. The van der Waals surface area contributed by atoms with Crippen molar-refractivity contribution in [1.82, 2.24) is 20.1 Å². The third kappa shape index (κ3) is 2.48. The molecule has 0 aliphatic heterocycles. The molecule has 3 aromatic rings. The first-order valence-electron chi connectivity index (χ1n) is 6.11. The van der Waals surface area contributed by atoms with Crippen molar-refractivity contribution in [3.63, 3.8) is 0 Å². The second-order valence-corrected chi connectivity index (χ2v) is 4.26. The van der Waals surface area contributed by atoms with Crippen LogP contribution in [-0.2, 0) is 0 Å². The first kappa shape index (κ1) is 12.9. The Bertz CT molecular complexity index is 813. The van der Waals surface area contributed by atoms with Gasteiger partial charge in [0.25, 0.3) is 5.89 Å². The summed E-state index contributed by atoms with van der Waals surface area (Å²) in [6.07, 6.45) is 1.60. The Morgan fingerprint density at radius 3 is 2.76 bits per heavy atom. The molecule has 0 spiro atoms. The van der Waals surface area contributed by atoms with E-state index in [0.717, 1.165) is 0 Å². The van der Waals surface area contributed by atoms with Gasteiger partial charge in [-0.1, -0.05) is 17.3 Å². The molecule has 7 nitrogen and oxygen atoms in total. The summed E-state index contributed by atoms with van der Waals surface area (Å²) in [6, 6.07) is 8.10. The van der Waals surface area contributed by atoms with Crippen LogP contribution in [0.1, 0.15) is 16.2 Å². The Hall–Kier alpha value is -3.09. The Morgan fingerprint density at radius 1 is 1.19 bits per heavy atom. The van der Waals surface area contributed by atoms with Crippen LogP contribution in [0.2, 0.25) is 0 Å². The van der Waals surface area contributed by atoms with Gasteiger partial charge in [0.15, 0.2) is 0 Å². The zero-order valence-electron chi connectivity index (χ0n) is 11.0. The van der Waals surface area contributed by atoms with Gasteiger partial charge in [-0.25, -0.2) is 14.8 Å². The van der Waals surface area contributed by atoms with Crippen LogP contribution in [0.25, 0.3) is 23.0 Å². The number of nitrogens with zero attached hydrogens (tertiary/aromatic N) is 4. The van der Waals surface area contributed by atoms with E-state index in [1.807, 2.05) is 0 Å². The van der Waals surface area contributed by atoms with Crippen molar-refractivity contribution < 1.29 is 14.4 Å². The van der Waals surface area contributed by atoms with Crippen molar-refractivity contribution in [2.24, 2.45) is 0 Å². The van der Waals surface area contributed by atoms with E-state index in [9.17, 15) is 9.90 Å². The maximum absolute atomic E-state index is 11.2. The summed E-state index contributed by atoms with van der Waals surface area (Å²) >= 11 is 0. The molecule has 0 saturated heterocycles. The first-order valence-corrected chi connectivity index (χ1v) is 6.11. The minimum absolute atomic E-state index is 0.103. The molecule has 0 bridgehead atoms. The lowest BCUT2D eigenvalue weighted by Gasteiger charge is -1.99. The predicted octanol–water partition coefficient (Wildman–Crippen LogP) is 2.20. The van der Waals surface area contributed by atoms with E-state index >= 15 is 0 Å². The van der Waals surface area contributed by atoms with Crippen molar-refractivity contribution in [3.8, 4) is 23.0 Å². The number of benzene rings is 1. The molecule has 0 radical (unpaired) electrons. The number of aryl methyl sites for hydroxylation is 1. The second kappa shape index (κ2) is 5.12. The maximum Gasteiger partial charge on any atom is 0.336 e. The van der Waals surface area contributed by atoms with Crippen LogP contribution < -0.4 is 0 Å². The smallest absolute Gasteiger partial charge is 0.336 e. The van der Waals surface area contributed by atoms with E-state index in [0.29, 0.717) is 17.1 Å². The Balaban J connectivity index is 2.05. The summed E-state index contributed by atoms with van der Waals surface area (Å²) in [4.78, 5) is 23.6. The SMILES string of the molecule is Cc1nccc(-c2noc(-c3ccccc3C(=O)O)n2)n1. The highest BCUT2D eigenvalue weighted by molar-refractivity contribution is 5.94. The zero-order chi connectivity index (χ0) is 14.8. The van der Waals surface area contributed by atoms with E-state index in [2.05, 4.69) is 20.1 Å². The fraction of sp³-hybridized carbons (Fsp3) is 0.0714. The molecule has 0 aliphatic carbocycles. The molecule has 1 N–H and O–H groups in total. The maximum atomic E-state index is 11.2. The van der Waals surface area contributed by atoms with E-state index < -0.39 is 5.97 Å². The minimum Gasteiger partial charge on any atom is -0.478 e. The standard InChI is InChI=1S/C14H10N4O3/c1-8-15-7-6-11(16-8)12-17-13(21-18-12)9-4-2-3-5-10(9)14(19)20/h2-7H,1H3,(H,19,20). The van der Waals surface area contributed by atoms with Crippen LogP contribution in [0.15, 0.2) is 41.1 Å². The molecule has 3 rings (SSSR count). The molecular weight excluding hydrogens is 272 g/mol. The predicted molar refractivity (Wildman–Crippen MR) is 72.5 cm³/mol. The highest BCUT2D eigenvalue weighted by Gasteiger charge is 2.17. The molecule has 0 fully saturated rings. The van der Waals surface area contributed by atoms with Crippen LogP contribution in [0, 0.1) is 6.92 Å². The van der Waals surface area contributed by atoms with Gasteiger partial charge in [0.1, 0.15) is 11.5 Å². The molecule has 7 heteroatoms. The van der Waals surface area contributed by atoms with Gasteiger partial charge in [-0.05, 0) is 25.1 Å². The number of hydrogen-bond donors (Lipinski definition) is 1. The van der Waals surface area contributed by atoms with Gasteiger partial charge < -0.3 is 9.63 Å². The van der Waals surface area contributed by atoms with Crippen molar-refractivity contribution >= 4 is 5.97 Å². The molecule has 0 amide bonds. The van der Waals surface area contributed by atoms with E-state index in [1.54, 1.807) is 37.4 Å². The van der Waals surface area contributed by atoms with Crippen LogP contribution in [0.5, 0.6) is 0 Å². The van der Waals surface area contributed by atoms with Gasteiger partial charge in [-0.2, -0.15) is 4.98 Å². The number of carbonyl (C=O) groups is 1. The third-order valence-corrected chi connectivity index (χ3v) is 2.82. The average molecular weight is 282 g/mol. The lowest BCUT2D eigenvalue weighted by atomic mass is 10.1. The quantitative estimate of drug-likeness (QED) is 0.785. The Morgan fingerprint density at radius 2 is 2.00 bits per heavy atom. The number of aromatic nitrogens is 4. The number of hydrogen-bond acceptors (Lipinski definition) is 6. The van der Waals surface area contributed by atoms with Gasteiger partial charge in [-0.15, -0.1) is 0 Å². The van der Waals surface area contributed by atoms with Crippen molar-refractivity contribution in [1.29, 1.82) is 0 Å². The van der Waals surface area contributed by atoms with Gasteiger partial charge in [0.2, 0.25) is 5.82 Å². The summed E-state index contributed by atoms with van der Waals surface area (Å²) in [5.41, 5.74) is 0.992. The highest BCUT2D eigenvalue weighted by Crippen LogP contribution is 2.24. The topological polar surface area (TPSA) is 102 Å². The molecule has 104 valence electrons. The minimum atomic E-state index is -1.05. The second-order valence-electron chi connectivity index (χ2n) is 4.26. The van der Waals surface area contributed by atoms with Gasteiger partial charge >= 0.3 is 5.97 Å². The molecule has 1 aromatic carbocycles. The normalized spacial score (nSPS) is 10.5. The van der Waals surface area contributed by atoms with Gasteiger partial charge in [0, 0.05) is 6.20 Å². The van der Waals surface area contributed by atoms with Crippen LogP contribution >= 0.6 is 0 Å². The van der Waals surface area contributed by atoms with Crippen LogP contribution in [0.3, 0.4) is 0 Å². The monoisotopic (exact) mass is 282 g/mol. The van der Waals surface area contributed by atoms with Gasteiger partial charge in [0.05, 0.1) is 11.1 Å². The van der Waals surface area contributed by atoms with E-state index in [-0.39, 0.29) is 17.3 Å². The molecule has 0 unspecified atom stereocenters. The summed E-state index contributed by atoms with van der Waals surface area (Å²) in [6.45, 7) is 1.75. The zero-order valence-corrected chi connectivity index (χ0v) is 11.0. The van der Waals surface area contributed by atoms with Crippen molar-refractivity contribution in [3.05, 3.63) is 47.9 Å². The fourth-order valence-electron chi connectivity index (χ4n) is 1.87. The summed E-state index contributed by atoms with van der Waals surface area (Å²) in [5, 5.41) is 13.0. The van der Waals surface area contributed by atoms with E-state index in [1.165, 1.54) is 6.07 Å². The van der Waals surface area contributed by atoms with Crippen molar-refractivity contribution in [2.45, 2.75) is 6.92 Å². The summed E-state index contributed by atoms with van der Waals surface area (Å²) in [5.74, 6) is -0.0389. The summed E-state index contributed by atoms with van der Waals surface area (Å²) < 4.78 is 5.15. The van der Waals surface area contributed by atoms with Crippen LogP contribution in [-0.4, -0.2) is 31.2 Å². The highest BCUT2D eigenvalue weighted by atomic mass is 16.5. The molecule has 0 atom stereocenters. The molecule has 0 saturated carbocycles. The number of aromatic carboxylic acids is 1. The van der Waals surface area contributed by atoms with Crippen LogP contribution in [0.4, 0.5) is 0 Å². The number of rotatable bonds is 3. The molecule has 21 heavy (non-hydrogen) atoms. The number of carboxylic acids is 1. The Labute approximate surface area is 119 Å². The van der Waals surface area contributed by atoms with E-state index in [4.69, 9.17) is 4.52 Å². The molecule has 2 heterocycles. The Kier molecular flexibility index (Phi) is 3.15. The first-order chi connectivity index (χ1) is 10.1.